The van der Waals surface area contributed by atoms with Gasteiger partial charge in [0.05, 0.1) is 5.69 Å². The molecule has 7 heteroatoms. The lowest BCUT2D eigenvalue weighted by Crippen LogP contribution is -2.43. The van der Waals surface area contributed by atoms with E-state index in [1.54, 1.807) is 11.1 Å². The summed E-state index contributed by atoms with van der Waals surface area (Å²) in [7, 11) is 1.86. The molecule has 4 rings (SSSR count). The van der Waals surface area contributed by atoms with Crippen LogP contribution in [0.4, 0.5) is 5.82 Å². The normalized spacial score (nSPS) is 20.4. The minimum atomic E-state index is 0.211. The zero-order valence-electron chi connectivity index (χ0n) is 15.0. The summed E-state index contributed by atoms with van der Waals surface area (Å²) in [6.45, 7) is 2.55. The number of anilines is 1. The third-order valence-electron chi connectivity index (χ3n) is 5.04. The van der Waals surface area contributed by atoms with E-state index in [1.165, 1.54) is 5.56 Å². The summed E-state index contributed by atoms with van der Waals surface area (Å²) in [5.74, 6) is 1.77. The summed E-state index contributed by atoms with van der Waals surface area (Å²) in [5, 5.41) is 7.03. The Labute approximate surface area is 153 Å². The van der Waals surface area contributed by atoms with Gasteiger partial charge in [0.25, 0.3) is 0 Å². The van der Waals surface area contributed by atoms with Gasteiger partial charge in [0.1, 0.15) is 11.5 Å². The molecular formula is C19H24N6O. The summed E-state index contributed by atoms with van der Waals surface area (Å²) in [4.78, 5) is 27.6. The minimum absolute atomic E-state index is 0.211. The van der Waals surface area contributed by atoms with Crippen molar-refractivity contribution >= 4 is 11.7 Å². The largest absolute Gasteiger partial charge is 0.365 e. The van der Waals surface area contributed by atoms with Gasteiger partial charge < -0.3 is 15.5 Å². The van der Waals surface area contributed by atoms with Crippen molar-refractivity contribution in [1.82, 2.24) is 25.2 Å². The van der Waals surface area contributed by atoms with E-state index < -0.39 is 0 Å². The Morgan fingerprint density at radius 2 is 2.08 bits per heavy atom. The standard InChI is InChI=1S/C19H24N6O/c1-25-12-13(5-6-17(25)26)22-18-14-7-10-20-11-8-15(14)23-19(24-18)16-4-2-3-9-21-16/h2-4,9,13,20H,5-8,10-12H2,1H3,(H,22,23,24). The van der Waals surface area contributed by atoms with Crippen LogP contribution in [-0.2, 0) is 17.6 Å². The van der Waals surface area contributed by atoms with E-state index in [9.17, 15) is 4.79 Å². The van der Waals surface area contributed by atoms with Crippen LogP contribution < -0.4 is 10.6 Å². The Hall–Kier alpha value is -2.54. The Kier molecular flexibility index (Phi) is 4.79. The molecule has 1 amide bonds. The highest BCUT2D eigenvalue weighted by Crippen LogP contribution is 2.25. The Morgan fingerprint density at radius 3 is 2.88 bits per heavy atom. The maximum Gasteiger partial charge on any atom is 0.222 e. The molecule has 2 aliphatic rings. The molecule has 1 fully saturated rings. The van der Waals surface area contributed by atoms with Gasteiger partial charge in [-0.3, -0.25) is 9.78 Å². The zero-order valence-corrected chi connectivity index (χ0v) is 15.0. The lowest BCUT2D eigenvalue weighted by atomic mass is 10.0. The first-order chi connectivity index (χ1) is 12.7. The summed E-state index contributed by atoms with van der Waals surface area (Å²) >= 11 is 0. The number of nitrogens with one attached hydrogen (secondary N) is 2. The van der Waals surface area contributed by atoms with Crippen molar-refractivity contribution in [3.63, 3.8) is 0 Å². The van der Waals surface area contributed by atoms with Gasteiger partial charge in [0.2, 0.25) is 5.91 Å². The van der Waals surface area contributed by atoms with Gasteiger partial charge in [-0.2, -0.15) is 0 Å². The molecule has 136 valence electrons. The van der Waals surface area contributed by atoms with Crippen molar-refractivity contribution in [3.05, 3.63) is 35.7 Å². The fourth-order valence-corrected chi connectivity index (χ4v) is 3.60. The molecule has 0 spiro atoms. The molecule has 2 N–H and O–H groups in total. The fraction of sp³-hybridized carbons (Fsp3) is 0.474. The molecule has 4 heterocycles. The first kappa shape index (κ1) is 16.9. The lowest BCUT2D eigenvalue weighted by Gasteiger charge is -2.31. The molecule has 2 aromatic rings. The smallest absolute Gasteiger partial charge is 0.222 e. The zero-order chi connectivity index (χ0) is 17.9. The van der Waals surface area contributed by atoms with Crippen LogP contribution >= 0.6 is 0 Å². The highest BCUT2D eigenvalue weighted by molar-refractivity contribution is 5.77. The van der Waals surface area contributed by atoms with Crippen molar-refractivity contribution in [2.24, 2.45) is 0 Å². The molecule has 0 bridgehead atoms. The van der Waals surface area contributed by atoms with E-state index in [4.69, 9.17) is 9.97 Å². The van der Waals surface area contributed by atoms with E-state index in [-0.39, 0.29) is 11.9 Å². The van der Waals surface area contributed by atoms with E-state index in [0.717, 1.165) is 49.6 Å². The maximum absolute atomic E-state index is 11.8. The fourth-order valence-electron chi connectivity index (χ4n) is 3.60. The number of hydrogen-bond donors (Lipinski definition) is 2. The van der Waals surface area contributed by atoms with Crippen molar-refractivity contribution < 1.29 is 4.79 Å². The third-order valence-corrected chi connectivity index (χ3v) is 5.04. The van der Waals surface area contributed by atoms with E-state index in [1.807, 2.05) is 25.2 Å². The molecule has 1 saturated heterocycles. The van der Waals surface area contributed by atoms with E-state index >= 15 is 0 Å². The van der Waals surface area contributed by atoms with Gasteiger partial charge in [-0.25, -0.2) is 9.97 Å². The summed E-state index contributed by atoms with van der Waals surface area (Å²) in [6.07, 6.45) is 4.97. The van der Waals surface area contributed by atoms with Crippen LogP contribution in [0, 0.1) is 0 Å². The van der Waals surface area contributed by atoms with Crippen molar-refractivity contribution in [2.45, 2.75) is 31.7 Å². The summed E-state index contributed by atoms with van der Waals surface area (Å²) < 4.78 is 0. The monoisotopic (exact) mass is 352 g/mol. The van der Waals surface area contributed by atoms with Crippen LogP contribution in [0.3, 0.4) is 0 Å². The van der Waals surface area contributed by atoms with Gasteiger partial charge in [-0.15, -0.1) is 0 Å². The highest BCUT2D eigenvalue weighted by Gasteiger charge is 2.25. The number of likely N-dealkylation sites (tertiary alicyclic amines) is 1. The Morgan fingerprint density at radius 1 is 1.19 bits per heavy atom. The molecule has 0 radical (unpaired) electrons. The number of likely N-dealkylation sites (N-methyl/N-ethyl adjacent to an activating group) is 1. The van der Waals surface area contributed by atoms with Crippen LogP contribution in [-0.4, -0.2) is 58.5 Å². The van der Waals surface area contributed by atoms with Crippen LogP contribution in [0.5, 0.6) is 0 Å². The van der Waals surface area contributed by atoms with Gasteiger partial charge in [-0.1, -0.05) is 6.07 Å². The lowest BCUT2D eigenvalue weighted by molar-refractivity contribution is -0.132. The van der Waals surface area contributed by atoms with Crippen molar-refractivity contribution in [3.8, 4) is 11.5 Å². The topological polar surface area (TPSA) is 83.0 Å². The van der Waals surface area contributed by atoms with Crippen LogP contribution in [0.25, 0.3) is 11.5 Å². The molecule has 0 aromatic carbocycles. The molecule has 7 nitrogen and oxygen atoms in total. The van der Waals surface area contributed by atoms with Gasteiger partial charge >= 0.3 is 0 Å². The molecule has 26 heavy (non-hydrogen) atoms. The van der Waals surface area contributed by atoms with E-state index in [0.29, 0.717) is 18.8 Å². The quantitative estimate of drug-likeness (QED) is 0.865. The molecule has 0 aliphatic carbocycles. The number of nitrogens with zero attached hydrogens (tertiary/aromatic N) is 4. The Balaban J connectivity index is 1.68. The van der Waals surface area contributed by atoms with Gasteiger partial charge in [0, 0.05) is 50.8 Å². The predicted molar refractivity (Wildman–Crippen MR) is 99.8 cm³/mol. The van der Waals surface area contributed by atoms with Crippen LogP contribution in [0.2, 0.25) is 0 Å². The number of amides is 1. The van der Waals surface area contributed by atoms with E-state index in [2.05, 4.69) is 15.6 Å². The summed E-state index contributed by atoms with van der Waals surface area (Å²) in [6, 6.07) is 6.00. The van der Waals surface area contributed by atoms with Gasteiger partial charge in [-0.05, 0) is 31.5 Å². The first-order valence-corrected chi connectivity index (χ1v) is 9.23. The second-order valence-electron chi connectivity index (χ2n) is 6.94. The molecule has 1 atom stereocenters. The number of aromatic nitrogens is 3. The number of fused-ring (bicyclic) bond motifs is 1. The summed E-state index contributed by atoms with van der Waals surface area (Å²) in [5.41, 5.74) is 3.06. The molecule has 2 aliphatic heterocycles. The van der Waals surface area contributed by atoms with Crippen molar-refractivity contribution in [2.75, 3.05) is 32.0 Å². The number of rotatable bonds is 3. The number of carbonyl (C=O) groups excluding carboxylic acids is 1. The predicted octanol–water partition coefficient (Wildman–Crippen LogP) is 1.26. The van der Waals surface area contributed by atoms with Crippen LogP contribution in [0.15, 0.2) is 24.4 Å². The molecule has 2 aromatic heterocycles. The van der Waals surface area contributed by atoms with Crippen molar-refractivity contribution in [1.29, 1.82) is 0 Å². The first-order valence-electron chi connectivity index (χ1n) is 9.23. The average molecular weight is 352 g/mol. The minimum Gasteiger partial charge on any atom is -0.365 e. The highest BCUT2D eigenvalue weighted by atomic mass is 16.2. The molecule has 0 saturated carbocycles. The van der Waals surface area contributed by atoms with Gasteiger partial charge in [0.15, 0.2) is 5.82 Å². The second-order valence-corrected chi connectivity index (χ2v) is 6.94. The number of hydrogen-bond acceptors (Lipinski definition) is 6. The SMILES string of the molecule is CN1CC(Nc2nc(-c3ccccn3)nc3c2CCNCC3)CCC1=O. The number of pyridine rings is 1. The van der Waals surface area contributed by atoms with Crippen LogP contribution in [0.1, 0.15) is 24.1 Å². The molecule has 1 unspecified atom stereocenters. The molecular weight excluding hydrogens is 328 g/mol. The second kappa shape index (κ2) is 7.37. The maximum atomic E-state index is 11.8. The number of piperidine rings is 1. The number of carbonyl (C=O) groups is 1. The Bertz CT molecular complexity index is 794. The average Bonchev–Trinajstić information content (AvgIpc) is 2.91. The third kappa shape index (κ3) is 3.53.